The number of piperazine rings is 1. The summed E-state index contributed by atoms with van der Waals surface area (Å²) in [6, 6.07) is 0. The third-order valence-electron chi connectivity index (χ3n) is 7.05. The number of nitrogens with zero attached hydrogens (tertiary/aromatic N) is 4. The largest absolute Gasteiger partial charge is 0.357 e. The first kappa shape index (κ1) is 27.6. The van der Waals surface area contributed by atoms with Gasteiger partial charge in [0, 0.05) is 58.3 Å². The summed E-state index contributed by atoms with van der Waals surface area (Å²) in [6.07, 6.45) is 11.3. The number of carbonyl (C=O) groups excluding carboxylic acids is 1. The summed E-state index contributed by atoms with van der Waals surface area (Å²) in [5.74, 6) is 1.66. The van der Waals surface area contributed by atoms with E-state index in [0.717, 1.165) is 77.6 Å². The number of carbonyl (C=O) groups is 1. The van der Waals surface area contributed by atoms with Crippen LogP contribution in [-0.2, 0) is 4.79 Å². The minimum Gasteiger partial charge on any atom is -0.357 e. The molecule has 3 aliphatic rings. The van der Waals surface area contributed by atoms with Gasteiger partial charge in [0.05, 0.1) is 0 Å². The summed E-state index contributed by atoms with van der Waals surface area (Å²) in [5, 5.41) is 6.87. The summed E-state index contributed by atoms with van der Waals surface area (Å²) in [4.78, 5) is 24.6. The minimum absolute atomic E-state index is 0. The summed E-state index contributed by atoms with van der Waals surface area (Å²) in [7, 11) is 0. The second-order valence-electron chi connectivity index (χ2n) is 9.45. The average molecular weight is 563 g/mol. The second-order valence-corrected chi connectivity index (χ2v) is 9.45. The molecule has 0 spiro atoms. The molecule has 0 aromatic rings. The highest BCUT2D eigenvalue weighted by Crippen LogP contribution is 2.26. The van der Waals surface area contributed by atoms with Gasteiger partial charge in [-0.25, -0.2) is 0 Å². The van der Waals surface area contributed by atoms with Crippen LogP contribution in [0.3, 0.4) is 0 Å². The van der Waals surface area contributed by atoms with E-state index in [4.69, 9.17) is 4.99 Å². The molecule has 1 amide bonds. The van der Waals surface area contributed by atoms with E-state index in [1.54, 1.807) is 0 Å². The van der Waals surface area contributed by atoms with Gasteiger partial charge in [0.2, 0.25) is 5.91 Å². The van der Waals surface area contributed by atoms with E-state index in [1.807, 2.05) is 0 Å². The van der Waals surface area contributed by atoms with Crippen molar-refractivity contribution in [1.82, 2.24) is 25.3 Å². The average Bonchev–Trinajstić information content (AvgIpc) is 3.21. The SMILES string of the molecule is CCNC(=NCCCN1CCCCCC1)NCCN1CCN(C(=O)C2CCCC2)CC1.I. The first-order valence-corrected chi connectivity index (χ1v) is 13.0. The van der Waals surface area contributed by atoms with Crippen molar-refractivity contribution in [2.45, 2.75) is 64.7 Å². The molecule has 8 heteroatoms. The number of rotatable bonds is 9. The van der Waals surface area contributed by atoms with Crippen molar-refractivity contribution in [3.8, 4) is 0 Å². The lowest BCUT2D eigenvalue weighted by Gasteiger charge is -2.36. The fraction of sp³-hybridized carbons (Fsp3) is 0.917. The minimum atomic E-state index is 0. The quantitative estimate of drug-likeness (QED) is 0.196. The van der Waals surface area contributed by atoms with Crippen LogP contribution in [-0.4, -0.2) is 98.6 Å². The molecule has 0 atom stereocenters. The predicted octanol–water partition coefficient (Wildman–Crippen LogP) is 2.76. The van der Waals surface area contributed by atoms with Gasteiger partial charge in [0.1, 0.15) is 0 Å². The molecule has 0 radical (unpaired) electrons. The van der Waals surface area contributed by atoms with Gasteiger partial charge in [-0.05, 0) is 58.7 Å². The standard InChI is InChI=1S/C24H46N6O.HI/c1-2-25-24(26-12-9-16-28-14-7-3-4-8-15-28)27-13-17-29-18-20-30(21-19-29)23(31)22-10-5-6-11-22;/h22H,2-21H2,1H3,(H2,25,26,27);1H. The van der Waals surface area contributed by atoms with Crippen LogP contribution < -0.4 is 10.6 Å². The molecule has 3 rings (SSSR count). The number of likely N-dealkylation sites (tertiary alicyclic amines) is 1. The Morgan fingerprint density at radius 1 is 0.844 bits per heavy atom. The van der Waals surface area contributed by atoms with Crippen LogP contribution >= 0.6 is 24.0 Å². The highest BCUT2D eigenvalue weighted by atomic mass is 127. The lowest BCUT2D eigenvalue weighted by Crippen LogP contribution is -2.51. The summed E-state index contributed by atoms with van der Waals surface area (Å²) in [5.41, 5.74) is 0. The molecule has 2 saturated heterocycles. The molecule has 7 nitrogen and oxygen atoms in total. The van der Waals surface area contributed by atoms with Gasteiger partial charge in [-0.1, -0.05) is 25.7 Å². The zero-order valence-corrected chi connectivity index (χ0v) is 22.7. The van der Waals surface area contributed by atoms with Crippen LogP contribution in [0.5, 0.6) is 0 Å². The lowest BCUT2D eigenvalue weighted by atomic mass is 10.1. The second kappa shape index (κ2) is 16.1. The Kier molecular flexibility index (Phi) is 13.9. The van der Waals surface area contributed by atoms with Crippen molar-refractivity contribution in [2.75, 3.05) is 72.0 Å². The van der Waals surface area contributed by atoms with Crippen LogP contribution in [0, 0.1) is 5.92 Å². The van der Waals surface area contributed by atoms with E-state index >= 15 is 0 Å². The third-order valence-corrected chi connectivity index (χ3v) is 7.05. The highest BCUT2D eigenvalue weighted by Gasteiger charge is 2.29. The zero-order chi connectivity index (χ0) is 21.7. The van der Waals surface area contributed by atoms with Gasteiger partial charge in [0.25, 0.3) is 0 Å². The van der Waals surface area contributed by atoms with Gasteiger partial charge < -0.3 is 20.4 Å². The molecule has 0 aromatic heterocycles. The van der Waals surface area contributed by atoms with E-state index in [0.29, 0.717) is 11.8 Å². The Bertz CT molecular complexity index is 539. The Morgan fingerprint density at radius 2 is 1.50 bits per heavy atom. The van der Waals surface area contributed by atoms with Crippen molar-refractivity contribution in [2.24, 2.45) is 10.9 Å². The smallest absolute Gasteiger partial charge is 0.225 e. The van der Waals surface area contributed by atoms with Crippen molar-refractivity contribution in [3.05, 3.63) is 0 Å². The molecule has 186 valence electrons. The van der Waals surface area contributed by atoms with E-state index in [2.05, 4.69) is 32.3 Å². The predicted molar refractivity (Wildman–Crippen MR) is 144 cm³/mol. The van der Waals surface area contributed by atoms with Crippen molar-refractivity contribution in [3.63, 3.8) is 0 Å². The number of hydrogen-bond donors (Lipinski definition) is 2. The van der Waals surface area contributed by atoms with E-state index in [9.17, 15) is 4.79 Å². The van der Waals surface area contributed by atoms with Crippen LogP contribution in [0.2, 0.25) is 0 Å². The van der Waals surface area contributed by atoms with E-state index in [1.165, 1.54) is 58.2 Å². The maximum atomic E-state index is 12.6. The third kappa shape index (κ3) is 9.71. The molecule has 0 unspecified atom stereocenters. The zero-order valence-electron chi connectivity index (χ0n) is 20.3. The monoisotopic (exact) mass is 562 g/mol. The van der Waals surface area contributed by atoms with Gasteiger partial charge in [-0.2, -0.15) is 0 Å². The van der Waals surface area contributed by atoms with E-state index < -0.39 is 0 Å². The Morgan fingerprint density at radius 3 is 2.16 bits per heavy atom. The summed E-state index contributed by atoms with van der Waals surface area (Å²) in [6.45, 7) is 13.3. The molecule has 2 aliphatic heterocycles. The number of halogens is 1. The van der Waals surface area contributed by atoms with Crippen LogP contribution in [0.15, 0.2) is 4.99 Å². The maximum Gasteiger partial charge on any atom is 0.225 e. The normalized spacial score (nSPS) is 21.8. The Balaban J connectivity index is 0.00000363. The molecule has 1 saturated carbocycles. The van der Waals surface area contributed by atoms with Crippen molar-refractivity contribution in [1.29, 1.82) is 0 Å². The summed E-state index contributed by atoms with van der Waals surface area (Å²) < 4.78 is 0. The molecule has 3 fully saturated rings. The molecule has 2 N–H and O–H groups in total. The van der Waals surface area contributed by atoms with Gasteiger partial charge in [-0.15, -0.1) is 24.0 Å². The number of amides is 1. The van der Waals surface area contributed by atoms with Gasteiger partial charge in [0.15, 0.2) is 5.96 Å². The summed E-state index contributed by atoms with van der Waals surface area (Å²) >= 11 is 0. The number of guanidine groups is 1. The number of aliphatic imine (C=N–C) groups is 1. The van der Waals surface area contributed by atoms with Gasteiger partial charge >= 0.3 is 0 Å². The number of hydrogen-bond acceptors (Lipinski definition) is 4. The lowest BCUT2D eigenvalue weighted by molar-refractivity contribution is -0.137. The number of nitrogens with one attached hydrogen (secondary N) is 2. The fourth-order valence-corrected chi connectivity index (χ4v) is 5.14. The van der Waals surface area contributed by atoms with Crippen LogP contribution in [0.4, 0.5) is 0 Å². The molecule has 32 heavy (non-hydrogen) atoms. The van der Waals surface area contributed by atoms with E-state index in [-0.39, 0.29) is 24.0 Å². The van der Waals surface area contributed by atoms with Crippen molar-refractivity contribution >= 4 is 35.8 Å². The first-order chi connectivity index (χ1) is 15.3. The molecular weight excluding hydrogens is 515 g/mol. The Labute approximate surface area is 213 Å². The molecule has 0 bridgehead atoms. The first-order valence-electron chi connectivity index (χ1n) is 13.0. The van der Waals surface area contributed by atoms with Crippen molar-refractivity contribution < 1.29 is 4.79 Å². The maximum absolute atomic E-state index is 12.6. The molecule has 1 aliphatic carbocycles. The molecule has 0 aromatic carbocycles. The Hall–Kier alpha value is -0.610. The topological polar surface area (TPSA) is 63.2 Å². The van der Waals surface area contributed by atoms with Crippen LogP contribution in [0.1, 0.15) is 64.7 Å². The highest BCUT2D eigenvalue weighted by molar-refractivity contribution is 14.0. The van der Waals surface area contributed by atoms with Gasteiger partial charge in [-0.3, -0.25) is 14.7 Å². The molecule has 2 heterocycles. The van der Waals surface area contributed by atoms with Crippen LogP contribution in [0.25, 0.3) is 0 Å². The fourth-order valence-electron chi connectivity index (χ4n) is 5.14. The molecular formula is C24H47IN6O.